The first-order chi connectivity index (χ1) is 12.6. The molecule has 0 radical (unpaired) electrons. The summed E-state index contributed by atoms with van der Waals surface area (Å²) in [5.74, 6) is 4.49. The minimum absolute atomic E-state index is 0.179. The molecule has 27 heavy (non-hydrogen) atoms. The second-order valence-corrected chi connectivity index (χ2v) is 11.8. The lowest BCUT2D eigenvalue weighted by Crippen LogP contribution is -2.56. The molecule has 2 unspecified atom stereocenters. The average Bonchev–Trinajstić information content (AvgIpc) is 2.99. The molecule has 0 saturated heterocycles. The van der Waals surface area contributed by atoms with Crippen molar-refractivity contribution in [3.63, 3.8) is 0 Å². The molecule has 2 N–H and O–H groups in total. The van der Waals surface area contributed by atoms with Gasteiger partial charge in [-0.05, 0) is 117 Å². The highest BCUT2D eigenvalue weighted by molar-refractivity contribution is 5.11. The lowest BCUT2D eigenvalue weighted by Gasteiger charge is -2.62. The van der Waals surface area contributed by atoms with Crippen molar-refractivity contribution in [2.75, 3.05) is 0 Å². The largest absolute Gasteiger partial charge is 0.393 e. The normalized spacial score (nSPS) is 54.6. The highest BCUT2D eigenvalue weighted by Crippen LogP contribution is 2.68. The van der Waals surface area contributed by atoms with Crippen LogP contribution in [0.5, 0.6) is 0 Å². The fourth-order valence-electron chi connectivity index (χ4n) is 8.88. The highest BCUT2D eigenvalue weighted by atomic mass is 16.3. The van der Waals surface area contributed by atoms with Gasteiger partial charge in [0.2, 0.25) is 0 Å². The zero-order chi connectivity index (χ0) is 19.6. The van der Waals surface area contributed by atoms with Gasteiger partial charge in [0.1, 0.15) is 0 Å². The molecular weight excluding hydrogens is 332 g/mol. The number of hydrogen-bond donors (Lipinski definition) is 2. The zero-order valence-corrected chi connectivity index (χ0v) is 18.5. The number of fused-ring (bicyclic) bond motifs is 5. The number of rotatable bonds is 3. The maximum absolute atomic E-state index is 10.9. The van der Waals surface area contributed by atoms with Crippen LogP contribution < -0.4 is 0 Å². The summed E-state index contributed by atoms with van der Waals surface area (Å²) in [6.07, 6.45) is 12.2. The van der Waals surface area contributed by atoms with E-state index in [4.69, 9.17) is 0 Å². The fourth-order valence-corrected chi connectivity index (χ4v) is 8.88. The quantitative estimate of drug-likeness (QED) is 0.653. The molecule has 0 heterocycles. The Morgan fingerprint density at radius 2 is 1.59 bits per heavy atom. The molecule has 0 amide bonds. The van der Waals surface area contributed by atoms with Gasteiger partial charge in [0.15, 0.2) is 0 Å². The maximum Gasteiger partial charge on any atom is 0.0648 e. The SMILES string of the molecule is CC[C@]1(O)CC[C@@]2(C)[C@@H](CC[C@@H]3[C@@H]2CC[C@]2(C)[C@@H](C(C)C(C)O)CC[C@@H]32)C1. The molecule has 0 aromatic carbocycles. The Balaban J connectivity index is 1.56. The molecule has 4 aliphatic carbocycles. The van der Waals surface area contributed by atoms with E-state index in [1.807, 2.05) is 6.92 Å². The predicted octanol–water partition coefficient (Wildman–Crippen LogP) is 5.80. The first-order valence-corrected chi connectivity index (χ1v) is 12.0. The third-order valence-corrected chi connectivity index (χ3v) is 10.9. The summed E-state index contributed by atoms with van der Waals surface area (Å²) in [6.45, 7) is 11.6. The highest BCUT2D eigenvalue weighted by Gasteiger charge is 2.61. The molecule has 156 valence electrons. The zero-order valence-electron chi connectivity index (χ0n) is 18.5. The van der Waals surface area contributed by atoms with Crippen LogP contribution in [-0.4, -0.2) is 21.9 Å². The molecule has 0 bridgehead atoms. The van der Waals surface area contributed by atoms with Gasteiger partial charge in [0, 0.05) is 0 Å². The van der Waals surface area contributed by atoms with Crippen molar-refractivity contribution in [3.8, 4) is 0 Å². The average molecular weight is 377 g/mol. The van der Waals surface area contributed by atoms with Crippen LogP contribution >= 0.6 is 0 Å². The molecule has 4 aliphatic rings. The Morgan fingerprint density at radius 3 is 2.26 bits per heavy atom. The van der Waals surface area contributed by atoms with Crippen molar-refractivity contribution >= 4 is 0 Å². The Hall–Kier alpha value is -0.0800. The van der Waals surface area contributed by atoms with Crippen molar-refractivity contribution in [1.82, 2.24) is 0 Å². The molecular formula is C25H44O2. The smallest absolute Gasteiger partial charge is 0.0648 e. The van der Waals surface area contributed by atoms with Gasteiger partial charge in [-0.2, -0.15) is 0 Å². The molecule has 4 saturated carbocycles. The van der Waals surface area contributed by atoms with E-state index in [0.29, 0.717) is 22.7 Å². The van der Waals surface area contributed by atoms with Crippen LogP contribution in [0.25, 0.3) is 0 Å². The summed E-state index contributed by atoms with van der Waals surface area (Å²) in [4.78, 5) is 0. The van der Waals surface area contributed by atoms with Crippen LogP contribution in [0.1, 0.15) is 98.8 Å². The van der Waals surface area contributed by atoms with E-state index in [9.17, 15) is 10.2 Å². The second-order valence-electron chi connectivity index (χ2n) is 11.8. The Bertz CT molecular complexity index is 559. The van der Waals surface area contributed by atoms with Gasteiger partial charge in [-0.15, -0.1) is 0 Å². The third kappa shape index (κ3) is 2.95. The van der Waals surface area contributed by atoms with Gasteiger partial charge >= 0.3 is 0 Å². The van der Waals surface area contributed by atoms with E-state index < -0.39 is 0 Å². The minimum Gasteiger partial charge on any atom is -0.393 e. The Kier molecular flexibility index (Phi) is 5.03. The van der Waals surface area contributed by atoms with Crippen LogP contribution in [0.15, 0.2) is 0 Å². The van der Waals surface area contributed by atoms with E-state index in [-0.39, 0.29) is 11.7 Å². The van der Waals surface area contributed by atoms with Crippen LogP contribution in [0, 0.1) is 46.3 Å². The summed E-state index contributed by atoms with van der Waals surface area (Å²) in [5, 5.41) is 21.2. The minimum atomic E-state index is -0.384. The van der Waals surface area contributed by atoms with Crippen molar-refractivity contribution in [2.24, 2.45) is 46.3 Å². The number of aliphatic hydroxyl groups is 2. The lowest BCUT2D eigenvalue weighted by atomic mass is 9.43. The van der Waals surface area contributed by atoms with Crippen molar-refractivity contribution in [1.29, 1.82) is 0 Å². The van der Waals surface area contributed by atoms with Crippen molar-refractivity contribution in [3.05, 3.63) is 0 Å². The fraction of sp³-hybridized carbons (Fsp3) is 1.00. The second kappa shape index (κ2) is 6.73. The molecule has 4 rings (SSSR count). The summed E-state index contributed by atoms with van der Waals surface area (Å²) < 4.78 is 0. The van der Waals surface area contributed by atoms with Crippen molar-refractivity contribution < 1.29 is 10.2 Å². The van der Waals surface area contributed by atoms with Gasteiger partial charge in [0.25, 0.3) is 0 Å². The Morgan fingerprint density at radius 1 is 0.889 bits per heavy atom. The molecule has 10 atom stereocenters. The van der Waals surface area contributed by atoms with Crippen molar-refractivity contribution in [2.45, 2.75) is 111 Å². The third-order valence-electron chi connectivity index (χ3n) is 10.9. The van der Waals surface area contributed by atoms with E-state index in [1.165, 1.54) is 44.9 Å². The standard InChI is InChI=1S/C25H44O2/c1-6-25(27)14-13-23(4)18(15-25)7-8-19-21-10-9-20(16(2)17(3)26)24(21,5)12-11-22(19)23/h16-22,26-27H,6-15H2,1-5H3/t16?,17?,18-,19-,20+,21-,22-,23-,24+,25-/m0/s1. The van der Waals surface area contributed by atoms with Gasteiger partial charge in [-0.25, -0.2) is 0 Å². The summed E-state index contributed by atoms with van der Waals surface area (Å²) >= 11 is 0. The van der Waals surface area contributed by atoms with Gasteiger partial charge in [-0.3, -0.25) is 0 Å². The van der Waals surface area contributed by atoms with Gasteiger partial charge in [-0.1, -0.05) is 27.7 Å². The molecule has 2 nitrogen and oxygen atoms in total. The summed E-state index contributed by atoms with van der Waals surface area (Å²) in [6, 6.07) is 0. The summed E-state index contributed by atoms with van der Waals surface area (Å²) in [5.41, 5.74) is 0.518. The van der Waals surface area contributed by atoms with Gasteiger partial charge < -0.3 is 10.2 Å². The summed E-state index contributed by atoms with van der Waals surface area (Å²) in [7, 11) is 0. The van der Waals surface area contributed by atoms with Crippen LogP contribution in [0.4, 0.5) is 0 Å². The van der Waals surface area contributed by atoms with Crippen LogP contribution in [0.2, 0.25) is 0 Å². The predicted molar refractivity (Wildman–Crippen MR) is 111 cm³/mol. The monoisotopic (exact) mass is 376 g/mol. The van der Waals surface area contributed by atoms with Gasteiger partial charge in [0.05, 0.1) is 11.7 Å². The van der Waals surface area contributed by atoms with Crippen LogP contribution in [0.3, 0.4) is 0 Å². The van der Waals surface area contributed by atoms with Crippen LogP contribution in [-0.2, 0) is 0 Å². The first-order valence-electron chi connectivity index (χ1n) is 12.0. The molecule has 4 fully saturated rings. The van der Waals surface area contributed by atoms with E-state index in [2.05, 4.69) is 27.7 Å². The molecule has 2 heteroatoms. The molecule has 0 aromatic heterocycles. The van der Waals surface area contributed by atoms with E-state index in [0.717, 1.165) is 42.9 Å². The number of hydrogen-bond acceptors (Lipinski definition) is 2. The molecule has 0 aliphatic heterocycles. The van der Waals surface area contributed by atoms with E-state index >= 15 is 0 Å². The first kappa shape index (κ1) is 20.2. The maximum atomic E-state index is 10.9. The Labute approximate surface area is 167 Å². The lowest BCUT2D eigenvalue weighted by molar-refractivity contribution is -0.154. The molecule has 0 spiro atoms. The number of aliphatic hydroxyl groups excluding tert-OH is 1. The molecule has 0 aromatic rings. The topological polar surface area (TPSA) is 40.5 Å². The van der Waals surface area contributed by atoms with E-state index in [1.54, 1.807) is 0 Å².